The number of methoxy groups -OCH3 is 1. The highest BCUT2D eigenvalue weighted by molar-refractivity contribution is 5.95. The summed E-state index contributed by atoms with van der Waals surface area (Å²) in [6, 6.07) is 13.9. The number of rotatable bonds is 10. The van der Waals surface area contributed by atoms with Gasteiger partial charge in [-0.1, -0.05) is 12.1 Å². The van der Waals surface area contributed by atoms with Crippen LogP contribution in [-0.4, -0.2) is 45.4 Å². The molecule has 2 rings (SSSR count). The number of esters is 1. The Morgan fingerprint density at radius 2 is 1.74 bits per heavy atom. The van der Waals surface area contributed by atoms with Crippen LogP contribution in [0.1, 0.15) is 17.3 Å². The number of hydrogen-bond acceptors (Lipinski definition) is 6. The smallest absolute Gasteiger partial charge is 0.337 e. The SMILES string of the molecule is CCOCCOc1ccccc1NC(=O)CNc1ccc(C(=O)OC)cc1. The second-order valence-corrected chi connectivity index (χ2v) is 5.51. The van der Waals surface area contributed by atoms with E-state index in [2.05, 4.69) is 15.4 Å². The van der Waals surface area contributed by atoms with Gasteiger partial charge in [-0.15, -0.1) is 0 Å². The molecule has 0 atom stereocenters. The van der Waals surface area contributed by atoms with Crippen LogP contribution in [0.3, 0.4) is 0 Å². The van der Waals surface area contributed by atoms with Crippen LogP contribution in [0.5, 0.6) is 5.75 Å². The van der Waals surface area contributed by atoms with Crippen LogP contribution in [0.15, 0.2) is 48.5 Å². The molecule has 0 aliphatic rings. The zero-order valence-electron chi connectivity index (χ0n) is 15.5. The molecule has 0 aliphatic carbocycles. The molecule has 0 saturated heterocycles. The zero-order valence-corrected chi connectivity index (χ0v) is 15.5. The van der Waals surface area contributed by atoms with Gasteiger partial charge in [0.2, 0.25) is 5.91 Å². The summed E-state index contributed by atoms with van der Waals surface area (Å²) < 4.78 is 15.5. The molecule has 2 aromatic carbocycles. The molecule has 0 unspecified atom stereocenters. The Morgan fingerprint density at radius 1 is 1.00 bits per heavy atom. The first-order valence-electron chi connectivity index (χ1n) is 8.65. The molecule has 0 spiro atoms. The van der Waals surface area contributed by atoms with Gasteiger partial charge < -0.3 is 24.8 Å². The maximum absolute atomic E-state index is 12.2. The zero-order chi connectivity index (χ0) is 19.5. The summed E-state index contributed by atoms with van der Waals surface area (Å²) in [6.45, 7) is 3.52. The highest BCUT2D eigenvalue weighted by atomic mass is 16.5. The Balaban J connectivity index is 1.86. The number of carbonyl (C=O) groups excluding carboxylic acids is 2. The summed E-state index contributed by atoms with van der Waals surface area (Å²) in [6.07, 6.45) is 0. The Bertz CT molecular complexity index is 746. The van der Waals surface area contributed by atoms with E-state index in [1.165, 1.54) is 7.11 Å². The van der Waals surface area contributed by atoms with Crippen molar-refractivity contribution in [3.8, 4) is 5.75 Å². The Morgan fingerprint density at radius 3 is 2.44 bits per heavy atom. The number of ether oxygens (including phenoxy) is 3. The lowest BCUT2D eigenvalue weighted by molar-refractivity contribution is -0.114. The van der Waals surface area contributed by atoms with E-state index in [0.717, 1.165) is 5.69 Å². The molecule has 144 valence electrons. The molecule has 2 N–H and O–H groups in total. The highest BCUT2D eigenvalue weighted by Gasteiger charge is 2.08. The molecular formula is C20H24N2O5. The van der Waals surface area contributed by atoms with Gasteiger partial charge in [-0.3, -0.25) is 4.79 Å². The average Bonchev–Trinajstić information content (AvgIpc) is 2.70. The summed E-state index contributed by atoms with van der Waals surface area (Å²) in [5.74, 6) is -0.0267. The Labute approximate surface area is 158 Å². The number of amides is 1. The first kappa shape index (κ1) is 20.3. The van der Waals surface area contributed by atoms with Gasteiger partial charge >= 0.3 is 5.97 Å². The summed E-state index contributed by atoms with van der Waals surface area (Å²) in [4.78, 5) is 23.6. The van der Waals surface area contributed by atoms with Crippen LogP contribution in [0, 0.1) is 0 Å². The van der Waals surface area contributed by atoms with E-state index < -0.39 is 5.97 Å². The second kappa shape index (κ2) is 10.8. The largest absolute Gasteiger partial charge is 0.489 e. The van der Waals surface area contributed by atoms with Crippen LogP contribution in [0.2, 0.25) is 0 Å². The summed E-state index contributed by atoms with van der Waals surface area (Å²) in [5.41, 5.74) is 1.77. The van der Waals surface area contributed by atoms with Crippen LogP contribution >= 0.6 is 0 Å². The maximum Gasteiger partial charge on any atom is 0.337 e. The lowest BCUT2D eigenvalue weighted by atomic mass is 10.2. The van der Waals surface area contributed by atoms with E-state index in [-0.39, 0.29) is 12.5 Å². The quantitative estimate of drug-likeness (QED) is 0.493. The molecule has 27 heavy (non-hydrogen) atoms. The van der Waals surface area contributed by atoms with Crippen molar-refractivity contribution in [2.45, 2.75) is 6.92 Å². The van der Waals surface area contributed by atoms with Gasteiger partial charge in [0.25, 0.3) is 0 Å². The highest BCUT2D eigenvalue weighted by Crippen LogP contribution is 2.23. The average molecular weight is 372 g/mol. The molecule has 0 bridgehead atoms. The first-order valence-corrected chi connectivity index (χ1v) is 8.65. The molecule has 0 aromatic heterocycles. The monoisotopic (exact) mass is 372 g/mol. The maximum atomic E-state index is 12.2. The van der Waals surface area contributed by atoms with Gasteiger partial charge in [0, 0.05) is 12.3 Å². The van der Waals surface area contributed by atoms with Gasteiger partial charge in [-0.05, 0) is 43.3 Å². The van der Waals surface area contributed by atoms with Crippen molar-refractivity contribution in [1.82, 2.24) is 0 Å². The van der Waals surface area contributed by atoms with Crippen molar-refractivity contribution >= 4 is 23.3 Å². The standard InChI is InChI=1S/C20H24N2O5/c1-3-26-12-13-27-18-7-5-4-6-17(18)22-19(23)14-21-16-10-8-15(9-11-16)20(24)25-2/h4-11,21H,3,12-14H2,1-2H3,(H,22,23). The van der Waals surface area contributed by atoms with Crippen molar-refractivity contribution in [3.63, 3.8) is 0 Å². The summed E-state index contributed by atoms with van der Waals surface area (Å²) in [7, 11) is 1.33. The number of benzene rings is 2. The van der Waals surface area contributed by atoms with Crippen LogP contribution in [-0.2, 0) is 14.3 Å². The molecule has 0 heterocycles. The van der Waals surface area contributed by atoms with Gasteiger partial charge in [0.1, 0.15) is 12.4 Å². The number of carbonyl (C=O) groups is 2. The van der Waals surface area contributed by atoms with Crippen molar-refractivity contribution < 1.29 is 23.8 Å². The predicted molar refractivity (Wildman–Crippen MR) is 103 cm³/mol. The van der Waals surface area contributed by atoms with Gasteiger partial charge in [-0.2, -0.15) is 0 Å². The summed E-state index contributed by atoms with van der Waals surface area (Å²) >= 11 is 0. The molecule has 2 aromatic rings. The third-order valence-electron chi connectivity index (χ3n) is 3.61. The topological polar surface area (TPSA) is 85.9 Å². The minimum absolute atomic E-state index is 0.0743. The normalized spacial score (nSPS) is 10.1. The minimum atomic E-state index is -0.403. The van der Waals surface area contributed by atoms with Crippen LogP contribution in [0.25, 0.3) is 0 Å². The third-order valence-corrected chi connectivity index (χ3v) is 3.61. The van der Waals surface area contributed by atoms with Crippen molar-refractivity contribution in [2.24, 2.45) is 0 Å². The van der Waals surface area contributed by atoms with E-state index in [0.29, 0.717) is 36.8 Å². The van der Waals surface area contributed by atoms with Crippen molar-refractivity contribution in [2.75, 3.05) is 44.1 Å². The van der Waals surface area contributed by atoms with E-state index in [4.69, 9.17) is 9.47 Å². The Kier molecular flexibility index (Phi) is 8.12. The molecule has 0 aliphatic heterocycles. The summed E-state index contributed by atoms with van der Waals surface area (Å²) in [5, 5.41) is 5.82. The fraction of sp³-hybridized carbons (Fsp3) is 0.300. The lowest BCUT2D eigenvalue weighted by Gasteiger charge is -2.13. The number of anilines is 2. The van der Waals surface area contributed by atoms with Gasteiger partial charge in [-0.25, -0.2) is 4.79 Å². The number of nitrogens with one attached hydrogen (secondary N) is 2. The van der Waals surface area contributed by atoms with E-state index >= 15 is 0 Å². The predicted octanol–water partition coefficient (Wildman–Crippen LogP) is 2.94. The fourth-order valence-electron chi connectivity index (χ4n) is 2.27. The lowest BCUT2D eigenvalue weighted by Crippen LogP contribution is -2.22. The van der Waals surface area contributed by atoms with E-state index in [9.17, 15) is 9.59 Å². The van der Waals surface area contributed by atoms with Gasteiger partial charge in [0.15, 0.2) is 0 Å². The Hall–Kier alpha value is -3.06. The molecule has 7 nitrogen and oxygen atoms in total. The van der Waals surface area contributed by atoms with Crippen molar-refractivity contribution in [1.29, 1.82) is 0 Å². The fourth-order valence-corrected chi connectivity index (χ4v) is 2.27. The molecule has 7 heteroatoms. The first-order chi connectivity index (χ1) is 13.1. The molecule has 0 saturated carbocycles. The van der Waals surface area contributed by atoms with Gasteiger partial charge in [0.05, 0.1) is 31.5 Å². The number of hydrogen-bond donors (Lipinski definition) is 2. The number of para-hydroxylation sites is 2. The molecule has 0 radical (unpaired) electrons. The van der Waals surface area contributed by atoms with Crippen molar-refractivity contribution in [3.05, 3.63) is 54.1 Å². The third kappa shape index (κ3) is 6.63. The van der Waals surface area contributed by atoms with E-state index in [1.54, 1.807) is 36.4 Å². The van der Waals surface area contributed by atoms with Crippen LogP contribution in [0.4, 0.5) is 11.4 Å². The molecular weight excluding hydrogens is 348 g/mol. The minimum Gasteiger partial charge on any atom is -0.489 e. The van der Waals surface area contributed by atoms with E-state index in [1.807, 2.05) is 19.1 Å². The van der Waals surface area contributed by atoms with Crippen LogP contribution < -0.4 is 15.4 Å². The molecule has 1 amide bonds. The molecule has 0 fully saturated rings. The second-order valence-electron chi connectivity index (χ2n) is 5.51.